The minimum absolute atomic E-state index is 0.214. The van der Waals surface area contributed by atoms with E-state index in [4.69, 9.17) is 9.47 Å². The molecular weight excluding hydrogens is 308 g/mol. The van der Waals surface area contributed by atoms with Gasteiger partial charge in [-0.15, -0.1) is 0 Å². The quantitative estimate of drug-likeness (QED) is 0.909. The lowest BCUT2D eigenvalue weighted by molar-refractivity contribution is -0.122. The fourth-order valence-electron chi connectivity index (χ4n) is 2.45. The Morgan fingerprint density at radius 3 is 2.79 bits per heavy atom. The van der Waals surface area contributed by atoms with Crippen LogP contribution in [0.5, 0.6) is 11.5 Å². The van der Waals surface area contributed by atoms with E-state index in [0.29, 0.717) is 28.4 Å². The maximum Gasteiger partial charge on any atom is 0.265 e. The predicted molar refractivity (Wildman–Crippen MR) is 90.8 cm³/mol. The molecule has 0 bridgehead atoms. The Hall–Kier alpha value is -3.02. The first kappa shape index (κ1) is 15.9. The number of aryl methyl sites for hydroxylation is 1. The highest BCUT2D eigenvalue weighted by atomic mass is 16.5. The minimum Gasteiger partial charge on any atom is -0.496 e. The van der Waals surface area contributed by atoms with Gasteiger partial charge in [-0.3, -0.25) is 9.59 Å². The molecule has 2 amide bonds. The summed E-state index contributed by atoms with van der Waals surface area (Å²) >= 11 is 0. The van der Waals surface area contributed by atoms with Crippen LogP contribution in [0.15, 0.2) is 36.4 Å². The first-order valence-electron chi connectivity index (χ1n) is 7.55. The maximum atomic E-state index is 12.4. The van der Waals surface area contributed by atoms with Crippen LogP contribution in [-0.4, -0.2) is 25.0 Å². The Kier molecular flexibility index (Phi) is 4.12. The Morgan fingerprint density at radius 1 is 1.25 bits per heavy atom. The number of anilines is 2. The molecule has 124 valence electrons. The van der Waals surface area contributed by atoms with Crippen molar-refractivity contribution >= 4 is 23.2 Å². The summed E-state index contributed by atoms with van der Waals surface area (Å²) in [6.07, 6.45) is -0.530. The number of methoxy groups -OCH3 is 1. The molecule has 24 heavy (non-hydrogen) atoms. The molecule has 0 saturated carbocycles. The van der Waals surface area contributed by atoms with Crippen molar-refractivity contribution in [3.63, 3.8) is 0 Å². The zero-order valence-corrected chi connectivity index (χ0v) is 13.7. The van der Waals surface area contributed by atoms with Crippen LogP contribution >= 0.6 is 0 Å². The monoisotopic (exact) mass is 326 g/mol. The lowest BCUT2D eigenvalue weighted by atomic mass is 10.1. The Balaban J connectivity index is 1.80. The van der Waals surface area contributed by atoms with E-state index in [1.54, 1.807) is 44.4 Å². The zero-order chi connectivity index (χ0) is 17.3. The highest BCUT2D eigenvalue weighted by molar-refractivity contribution is 6.05. The summed E-state index contributed by atoms with van der Waals surface area (Å²) in [5.41, 5.74) is 2.55. The molecule has 0 saturated heterocycles. The normalized spacial score (nSPS) is 15.8. The van der Waals surface area contributed by atoms with E-state index in [-0.39, 0.29) is 11.8 Å². The molecule has 3 rings (SSSR count). The van der Waals surface area contributed by atoms with E-state index in [1.165, 1.54) is 0 Å². The molecule has 0 spiro atoms. The SMILES string of the molecule is COc1cc(C(=O)Nc2ccc3c(c2)NC(=O)[C@@H](C)O3)ccc1C. The van der Waals surface area contributed by atoms with Gasteiger partial charge < -0.3 is 20.1 Å². The molecule has 6 heteroatoms. The number of rotatable bonds is 3. The van der Waals surface area contributed by atoms with Gasteiger partial charge in [0, 0.05) is 11.3 Å². The third-order valence-electron chi connectivity index (χ3n) is 3.84. The highest BCUT2D eigenvalue weighted by Crippen LogP contribution is 2.32. The standard InChI is InChI=1S/C18H18N2O4/c1-10-4-5-12(8-16(10)23-3)18(22)19-13-6-7-15-14(9-13)20-17(21)11(2)24-15/h4-9,11H,1-3H3,(H,19,22)(H,20,21)/t11-/m1/s1. The molecule has 0 unspecified atom stereocenters. The van der Waals surface area contributed by atoms with Gasteiger partial charge in [0.2, 0.25) is 0 Å². The third kappa shape index (κ3) is 3.03. The molecule has 1 aliphatic rings. The predicted octanol–water partition coefficient (Wildman–Crippen LogP) is 2.98. The van der Waals surface area contributed by atoms with Crippen molar-refractivity contribution in [3.05, 3.63) is 47.5 Å². The van der Waals surface area contributed by atoms with Crippen LogP contribution in [-0.2, 0) is 4.79 Å². The Bertz CT molecular complexity index is 817. The fraction of sp³-hybridized carbons (Fsp3) is 0.222. The van der Waals surface area contributed by atoms with Crippen LogP contribution in [0.4, 0.5) is 11.4 Å². The van der Waals surface area contributed by atoms with Gasteiger partial charge in [-0.25, -0.2) is 0 Å². The molecule has 0 aromatic heterocycles. The second kappa shape index (κ2) is 6.23. The lowest BCUT2D eigenvalue weighted by Gasteiger charge is -2.23. The van der Waals surface area contributed by atoms with Gasteiger partial charge in [-0.2, -0.15) is 0 Å². The Morgan fingerprint density at radius 2 is 2.04 bits per heavy atom. The molecule has 1 heterocycles. The van der Waals surface area contributed by atoms with Crippen molar-refractivity contribution in [1.82, 2.24) is 0 Å². The van der Waals surface area contributed by atoms with E-state index >= 15 is 0 Å². The number of nitrogens with one attached hydrogen (secondary N) is 2. The van der Waals surface area contributed by atoms with Gasteiger partial charge in [0.15, 0.2) is 6.10 Å². The van der Waals surface area contributed by atoms with E-state index in [9.17, 15) is 9.59 Å². The average Bonchev–Trinajstić information content (AvgIpc) is 2.56. The molecule has 2 N–H and O–H groups in total. The maximum absolute atomic E-state index is 12.4. The van der Waals surface area contributed by atoms with Gasteiger partial charge in [-0.1, -0.05) is 6.07 Å². The number of carbonyl (C=O) groups is 2. The third-order valence-corrected chi connectivity index (χ3v) is 3.84. The molecule has 2 aromatic rings. The van der Waals surface area contributed by atoms with Crippen LogP contribution in [0.1, 0.15) is 22.8 Å². The van der Waals surface area contributed by atoms with Crippen molar-refractivity contribution < 1.29 is 19.1 Å². The summed E-state index contributed by atoms with van der Waals surface area (Å²) in [4.78, 5) is 24.1. The van der Waals surface area contributed by atoms with Crippen molar-refractivity contribution in [2.45, 2.75) is 20.0 Å². The van der Waals surface area contributed by atoms with Gasteiger partial charge in [0.1, 0.15) is 11.5 Å². The number of amides is 2. The number of carbonyl (C=O) groups excluding carboxylic acids is 2. The summed E-state index contributed by atoms with van der Waals surface area (Å²) < 4.78 is 10.7. The van der Waals surface area contributed by atoms with Crippen LogP contribution in [0.25, 0.3) is 0 Å². The van der Waals surface area contributed by atoms with E-state index in [1.807, 2.05) is 13.0 Å². The van der Waals surface area contributed by atoms with Gasteiger partial charge in [0.05, 0.1) is 12.8 Å². The summed E-state index contributed by atoms with van der Waals surface area (Å²) in [6.45, 7) is 3.59. The number of hydrogen-bond acceptors (Lipinski definition) is 4. The van der Waals surface area contributed by atoms with Gasteiger partial charge in [-0.05, 0) is 49.7 Å². The summed E-state index contributed by atoms with van der Waals surface area (Å²) in [7, 11) is 1.57. The number of hydrogen-bond donors (Lipinski definition) is 2. The molecular formula is C18H18N2O4. The molecule has 0 fully saturated rings. The summed E-state index contributed by atoms with van der Waals surface area (Å²) in [5.74, 6) is 0.763. The van der Waals surface area contributed by atoms with E-state index in [2.05, 4.69) is 10.6 Å². The average molecular weight is 326 g/mol. The molecule has 6 nitrogen and oxygen atoms in total. The molecule has 0 aliphatic carbocycles. The zero-order valence-electron chi connectivity index (χ0n) is 13.7. The fourth-order valence-corrected chi connectivity index (χ4v) is 2.45. The first-order chi connectivity index (χ1) is 11.5. The van der Waals surface area contributed by atoms with Crippen molar-refractivity contribution in [2.75, 3.05) is 17.7 Å². The Labute approximate surface area is 139 Å². The lowest BCUT2D eigenvalue weighted by Crippen LogP contribution is -2.34. The topological polar surface area (TPSA) is 76.7 Å². The second-order valence-corrected chi connectivity index (χ2v) is 5.60. The largest absolute Gasteiger partial charge is 0.496 e. The van der Waals surface area contributed by atoms with E-state index < -0.39 is 6.10 Å². The van der Waals surface area contributed by atoms with Crippen molar-refractivity contribution in [1.29, 1.82) is 0 Å². The summed E-state index contributed by atoms with van der Waals surface area (Å²) in [5, 5.41) is 5.56. The second-order valence-electron chi connectivity index (χ2n) is 5.60. The molecule has 2 aromatic carbocycles. The molecule has 1 aliphatic heterocycles. The van der Waals surface area contributed by atoms with Gasteiger partial charge >= 0.3 is 0 Å². The minimum atomic E-state index is -0.530. The highest BCUT2D eigenvalue weighted by Gasteiger charge is 2.23. The van der Waals surface area contributed by atoms with Gasteiger partial charge in [0.25, 0.3) is 11.8 Å². The van der Waals surface area contributed by atoms with Crippen LogP contribution in [0, 0.1) is 6.92 Å². The number of benzene rings is 2. The number of fused-ring (bicyclic) bond motifs is 1. The number of ether oxygens (including phenoxy) is 2. The molecule has 0 radical (unpaired) electrons. The first-order valence-corrected chi connectivity index (χ1v) is 7.55. The van der Waals surface area contributed by atoms with Crippen LogP contribution < -0.4 is 20.1 Å². The van der Waals surface area contributed by atoms with E-state index in [0.717, 1.165) is 5.56 Å². The summed E-state index contributed by atoms with van der Waals surface area (Å²) in [6, 6.07) is 10.4. The smallest absolute Gasteiger partial charge is 0.265 e. The molecule has 1 atom stereocenters. The van der Waals surface area contributed by atoms with Crippen molar-refractivity contribution in [3.8, 4) is 11.5 Å². The van der Waals surface area contributed by atoms with Crippen LogP contribution in [0.2, 0.25) is 0 Å². The van der Waals surface area contributed by atoms with Crippen molar-refractivity contribution in [2.24, 2.45) is 0 Å². The van der Waals surface area contributed by atoms with Crippen LogP contribution in [0.3, 0.4) is 0 Å².